The second-order valence-corrected chi connectivity index (χ2v) is 5.97. The summed E-state index contributed by atoms with van der Waals surface area (Å²) < 4.78 is 30.2. The Morgan fingerprint density at radius 3 is 2.79 bits per heavy atom. The molecule has 158 valence electrons. The van der Waals surface area contributed by atoms with E-state index in [4.69, 9.17) is 14.2 Å². The van der Waals surface area contributed by atoms with E-state index in [0.717, 1.165) is 0 Å². The highest BCUT2D eigenvalue weighted by Crippen LogP contribution is 2.17. The molecule has 10 nitrogen and oxygen atoms in total. The van der Waals surface area contributed by atoms with Gasteiger partial charge in [0, 0.05) is 20.8 Å². The van der Waals surface area contributed by atoms with Crippen LogP contribution in [0, 0.1) is 5.82 Å². The first-order valence-corrected chi connectivity index (χ1v) is 8.90. The van der Waals surface area contributed by atoms with Crippen LogP contribution in [0.3, 0.4) is 0 Å². The molecule has 0 radical (unpaired) electrons. The second-order valence-electron chi connectivity index (χ2n) is 5.97. The fourth-order valence-electron chi connectivity index (χ4n) is 2.50. The number of hydrogen-bond donors (Lipinski definition) is 1. The number of ether oxygens (including phenoxy) is 3. The molecule has 0 spiro atoms. The van der Waals surface area contributed by atoms with Crippen molar-refractivity contribution < 1.29 is 28.2 Å². The van der Waals surface area contributed by atoms with Gasteiger partial charge >= 0.3 is 6.09 Å². The van der Waals surface area contributed by atoms with E-state index < -0.39 is 6.29 Å². The van der Waals surface area contributed by atoms with E-state index in [2.05, 4.69) is 15.6 Å². The quantitative estimate of drug-likeness (QED) is 0.517. The first-order valence-electron chi connectivity index (χ1n) is 8.90. The number of para-hydroxylation sites is 1. The van der Waals surface area contributed by atoms with Crippen LogP contribution >= 0.6 is 0 Å². The van der Waals surface area contributed by atoms with Crippen molar-refractivity contribution in [2.24, 2.45) is 0 Å². The minimum absolute atomic E-state index is 0.197. The summed E-state index contributed by atoms with van der Waals surface area (Å²) >= 11 is 0. The van der Waals surface area contributed by atoms with E-state index >= 15 is 0 Å². The lowest BCUT2D eigenvalue weighted by atomic mass is 10.3. The van der Waals surface area contributed by atoms with Crippen molar-refractivity contribution >= 4 is 12.5 Å². The maximum atomic E-state index is 13.6. The Hall–Kier alpha value is -3.05. The third-order valence-electron chi connectivity index (χ3n) is 3.87. The van der Waals surface area contributed by atoms with Gasteiger partial charge in [-0.1, -0.05) is 17.3 Å². The molecule has 1 N–H and O–H groups in total. The molecule has 1 aromatic carbocycles. The lowest BCUT2D eigenvalue weighted by Gasteiger charge is -2.11. The molecule has 1 aromatic heterocycles. The Labute approximate surface area is 167 Å². The van der Waals surface area contributed by atoms with Crippen molar-refractivity contribution in [2.45, 2.75) is 19.3 Å². The summed E-state index contributed by atoms with van der Waals surface area (Å²) in [7, 11) is 3.17. The van der Waals surface area contributed by atoms with Crippen LogP contribution in [0.25, 0.3) is 5.69 Å². The van der Waals surface area contributed by atoms with Gasteiger partial charge in [0.1, 0.15) is 23.3 Å². The molecule has 1 fully saturated rings. The fourth-order valence-corrected chi connectivity index (χ4v) is 2.50. The van der Waals surface area contributed by atoms with Gasteiger partial charge in [0.05, 0.1) is 19.3 Å². The summed E-state index contributed by atoms with van der Waals surface area (Å²) in [5.41, 5.74) is 0.838. The number of halogens is 1. The summed E-state index contributed by atoms with van der Waals surface area (Å²) in [4.78, 5) is 22.1. The molecule has 1 aliphatic heterocycles. The summed E-state index contributed by atoms with van der Waals surface area (Å²) in [6.45, 7) is 3.28. The standard InChI is InChI=1S/C12H14FN3O2.C6H10N2O3/c1-3-18-12(17-2)10-8-16(15-14-10)11-7-5-4-6-9(11)13;1-8-3-5(2-7-4-9)11-6(8)10/h4-8,12H,3H2,1-2H3;4-5H,2-3H2,1H3,(H,7,9). The van der Waals surface area contributed by atoms with Crippen molar-refractivity contribution in [3.63, 3.8) is 0 Å². The first-order chi connectivity index (χ1) is 14.0. The molecule has 2 atom stereocenters. The lowest BCUT2D eigenvalue weighted by Crippen LogP contribution is -2.28. The molecule has 2 amide bonds. The number of carbonyl (C=O) groups is 2. The van der Waals surface area contributed by atoms with E-state index in [-0.39, 0.29) is 18.0 Å². The molecule has 2 unspecified atom stereocenters. The van der Waals surface area contributed by atoms with Crippen LogP contribution in [0.4, 0.5) is 9.18 Å². The van der Waals surface area contributed by atoms with Crippen molar-refractivity contribution in [2.75, 3.05) is 33.9 Å². The number of amides is 2. The van der Waals surface area contributed by atoms with E-state index in [1.165, 1.54) is 22.8 Å². The Kier molecular flexibility index (Phi) is 8.49. The van der Waals surface area contributed by atoms with Crippen LogP contribution < -0.4 is 5.32 Å². The number of nitrogens with zero attached hydrogens (tertiary/aromatic N) is 4. The third-order valence-corrected chi connectivity index (χ3v) is 3.87. The van der Waals surface area contributed by atoms with Crippen LogP contribution in [0.15, 0.2) is 30.5 Å². The Balaban J connectivity index is 0.000000234. The Morgan fingerprint density at radius 1 is 1.45 bits per heavy atom. The van der Waals surface area contributed by atoms with Gasteiger partial charge in [0.2, 0.25) is 12.7 Å². The molecule has 11 heteroatoms. The molecule has 0 saturated carbocycles. The lowest BCUT2D eigenvalue weighted by molar-refractivity contribution is -0.126. The highest BCUT2D eigenvalue weighted by atomic mass is 19.1. The highest BCUT2D eigenvalue weighted by Gasteiger charge is 2.27. The van der Waals surface area contributed by atoms with Crippen molar-refractivity contribution in [3.8, 4) is 5.69 Å². The molecule has 1 saturated heterocycles. The van der Waals surface area contributed by atoms with Crippen molar-refractivity contribution in [1.29, 1.82) is 0 Å². The fraction of sp³-hybridized carbons (Fsp3) is 0.444. The molecule has 1 aliphatic rings. The topological polar surface area (TPSA) is 108 Å². The van der Waals surface area contributed by atoms with Gasteiger partial charge in [-0.25, -0.2) is 13.9 Å². The van der Waals surface area contributed by atoms with E-state index in [0.29, 0.717) is 37.5 Å². The number of benzene rings is 1. The van der Waals surface area contributed by atoms with Crippen LogP contribution in [0.5, 0.6) is 0 Å². The smallest absolute Gasteiger partial charge is 0.410 e. The first kappa shape index (κ1) is 22.2. The minimum Gasteiger partial charge on any atom is -0.442 e. The number of aromatic nitrogens is 3. The van der Waals surface area contributed by atoms with Gasteiger partial charge in [-0.15, -0.1) is 5.10 Å². The molecule has 0 aliphatic carbocycles. The van der Waals surface area contributed by atoms with Crippen molar-refractivity contribution in [1.82, 2.24) is 25.2 Å². The summed E-state index contributed by atoms with van der Waals surface area (Å²) in [5, 5.41) is 10.2. The van der Waals surface area contributed by atoms with E-state index in [9.17, 15) is 14.0 Å². The van der Waals surface area contributed by atoms with E-state index in [1.807, 2.05) is 6.92 Å². The van der Waals surface area contributed by atoms with Crippen molar-refractivity contribution in [3.05, 3.63) is 42.0 Å². The predicted molar refractivity (Wildman–Crippen MR) is 99.7 cm³/mol. The number of methoxy groups -OCH3 is 1. The number of rotatable bonds is 8. The van der Waals surface area contributed by atoms with Gasteiger partial charge in [-0.2, -0.15) is 0 Å². The second kappa shape index (κ2) is 11.1. The maximum absolute atomic E-state index is 13.6. The molecular formula is C18H24FN5O5. The highest BCUT2D eigenvalue weighted by molar-refractivity contribution is 5.69. The van der Waals surface area contributed by atoms with Gasteiger partial charge in [0.15, 0.2) is 0 Å². The van der Waals surface area contributed by atoms with Crippen LogP contribution in [0.2, 0.25) is 0 Å². The van der Waals surface area contributed by atoms with Crippen LogP contribution in [-0.4, -0.2) is 72.4 Å². The van der Waals surface area contributed by atoms with Crippen LogP contribution in [0.1, 0.15) is 18.9 Å². The molecular weight excluding hydrogens is 385 g/mol. The normalized spacial score (nSPS) is 16.6. The zero-order valence-corrected chi connectivity index (χ0v) is 16.4. The number of hydrogen-bond acceptors (Lipinski definition) is 7. The number of nitrogens with one attached hydrogen (secondary N) is 1. The summed E-state index contributed by atoms with van der Waals surface area (Å²) in [5.74, 6) is -0.362. The maximum Gasteiger partial charge on any atom is 0.410 e. The van der Waals surface area contributed by atoms with Gasteiger partial charge in [0.25, 0.3) is 0 Å². The zero-order chi connectivity index (χ0) is 21.2. The predicted octanol–water partition coefficient (Wildman–Crippen LogP) is 1.27. The van der Waals surface area contributed by atoms with Gasteiger partial charge < -0.3 is 24.4 Å². The molecule has 0 bridgehead atoms. The number of carbonyl (C=O) groups excluding carboxylic acids is 2. The molecule has 29 heavy (non-hydrogen) atoms. The largest absolute Gasteiger partial charge is 0.442 e. The monoisotopic (exact) mass is 409 g/mol. The SMILES string of the molecule is CCOC(OC)c1cn(-c2ccccc2F)nn1.CN1CC(CNC=O)OC1=O. The molecule has 3 rings (SSSR count). The van der Waals surface area contributed by atoms with Crippen LogP contribution in [-0.2, 0) is 19.0 Å². The Morgan fingerprint density at radius 2 is 2.21 bits per heavy atom. The zero-order valence-electron chi connectivity index (χ0n) is 16.4. The van der Waals surface area contributed by atoms with E-state index in [1.54, 1.807) is 31.4 Å². The third kappa shape index (κ3) is 6.22. The average Bonchev–Trinajstić information content (AvgIpc) is 3.32. The van der Waals surface area contributed by atoms with Gasteiger partial charge in [-0.05, 0) is 19.1 Å². The Bertz CT molecular complexity index is 802. The van der Waals surface area contributed by atoms with Gasteiger partial charge in [-0.3, -0.25) is 4.79 Å². The average molecular weight is 409 g/mol. The summed E-state index contributed by atoms with van der Waals surface area (Å²) in [6, 6.07) is 6.34. The number of likely N-dealkylation sites (N-methyl/N-ethyl adjacent to an activating group) is 1. The molecule has 2 aromatic rings. The molecule has 2 heterocycles. The minimum atomic E-state index is -0.587. The summed E-state index contributed by atoms with van der Waals surface area (Å²) in [6.07, 6.45) is 1.06. The number of cyclic esters (lactones) is 1.